The molecule has 0 heterocycles. The number of rotatable bonds is 5. The monoisotopic (exact) mass is 330 g/mol. The van der Waals surface area contributed by atoms with E-state index >= 15 is 0 Å². The van der Waals surface area contributed by atoms with Crippen LogP contribution in [0.3, 0.4) is 0 Å². The second-order valence-electron chi connectivity index (χ2n) is 3.54. The zero-order valence-corrected chi connectivity index (χ0v) is 11.3. The first-order valence-electron chi connectivity index (χ1n) is 5.13. The Kier molecular flexibility index (Phi) is 4.99. The molecule has 1 rings (SSSR count). The predicted molar refractivity (Wildman–Crippen MR) is 65.0 cm³/mol. The molecule has 0 radical (unpaired) electrons. The average Bonchev–Trinajstić information content (AvgIpc) is 2.27. The summed E-state index contributed by atoms with van der Waals surface area (Å²) in [7, 11) is 0. The van der Waals surface area contributed by atoms with Crippen LogP contribution in [-0.2, 0) is 9.53 Å². The van der Waals surface area contributed by atoms with Crippen molar-refractivity contribution in [2.75, 3.05) is 0 Å². The number of carbonyl (C=O) groups excluding carboxylic acids is 2. The Morgan fingerprint density at radius 3 is 2.42 bits per heavy atom. The van der Waals surface area contributed by atoms with E-state index < -0.39 is 33.5 Å². The molecule has 1 aromatic carbocycles. The minimum absolute atomic E-state index is 0.273. The number of hydrogen-bond acceptors (Lipinski definition) is 6. The van der Waals surface area contributed by atoms with E-state index in [9.17, 15) is 24.8 Å². The summed E-state index contributed by atoms with van der Waals surface area (Å²) in [5.74, 6) is -2.75. The number of nitro groups is 1. The molecule has 0 aliphatic rings. The maximum absolute atomic E-state index is 11.7. The maximum atomic E-state index is 11.7. The lowest BCUT2D eigenvalue weighted by molar-refractivity contribution is -0.516. The molecule has 0 N–H and O–H groups in total. The molecule has 1 aromatic rings. The first-order valence-corrected chi connectivity index (χ1v) is 6.04. The number of hydrogen-bond donors (Lipinski definition) is 0. The van der Waals surface area contributed by atoms with Gasteiger partial charge in [-0.1, -0.05) is 24.3 Å². The smallest absolute Gasteiger partial charge is 0.387 e. The minimum atomic E-state index is -1.91. The standard InChI is InChI=1S/C11H10BrNO6/c1-6(12)19-11(16)9(13(17)18)7-4-2-3-5-8(7)10(14)15/h2-6,9H,1H3,(H,14,15)/p-1. The minimum Gasteiger partial charge on any atom is -0.545 e. The Morgan fingerprint density at radius 1 is 1.37 bits per heavy atom. The number of carboxylic acid groups (broad SMARTS) is 1. The number of aromatic carboxylic acids is 1. The first kappa shape index (κ1) is 15.1. The SMILES string of the molecule is CC(Br)OC(=O)C(c1ccccc1C(=O)[O-])[N+](=O)[O-]. The van der Waals surface area contributed by atoms with Crippen LogP contribution in [-0.4, -0.2) is 21.9 Å². The van der Waals surface area contributed by atoms with Crippen molar-refractivity contribution in [3.63, 3.8) is 0 Å². The van der Waals surface area contributed by atoms with Gasteiger partial charge < -0.3 is 14.6 Å². The van der Waals surface area contributed by atoms with E-state index in [0.29, 0.717) is 0 Å². The fourth-order valence-electron chi connectivity index (χ4n) is 1.47. The second kappa shape index (κ2) is 6.28. The maximum Gasteiger partial charge on any atom is 0.387 e. The largest absolute Gasteiger partial charge is 0.545 e. The van der Waals surface area contributed by atoms with E-state index in [1.54, 1.807) is 0 Å². The third-order valence-corrected chi connectivity index (χ3v) is 2.37. The summed E-state index contributed by atoms with van der Waals surface area (Å²) in [4.78, 5) is 32.6. The van der Waals surface area contributed by atoms with Crippen molar-refractivity contribution in [2.45, 2.75) is 18.0 Å². The predicted octanol–water partition coefficient (Wildman–Crippen LogP) is 0.652. The fraction of sp³-hybridized carbons (Fsp3) is 0.273. The van der Waals surface area contributed by atoms with Crippen LogP contribution < -0.4 is 5.11 Å². The summed E-state index contributed by atoms with van der Waals surface area (Å²) in [6.45, 7) is 1.46. The third kappa shape index (κ3) is 3.75. The van der Waals surface area contributed by atoms with E-state index in [-0.39, 0.29) is 5.56 Å². The molecule has 0 bridgehead atoms. The number of esters is 1. The molecule has 8 heteroatoms. The number of alkyl halides is 1. The Morgan fingerprint density at radius 2 is 1.95 bits per heavy atom. The molecule has 2 unspecified atom stereocenters. The molecule has 19 heavy (non-hydrogen) atoms. The van der Waals surface area contributed by atoms with Crippen LogP contribution in [0.25, 0.3) is 0 Å². The lowest BCUT2D eigenvalue weighted by Gasteiger charge is -2.14. The molecule has 0 fully saturated rings. The Bertz CT molecular complexity index is 516. The Hall–Kier alpha value is -1.96. The van der Waals surface area contributed by atoms with Crippen molar-refractivity contribution < 1.29 is 24.4 Å². The quantitative estimate of drug-likeness (QED) is 0.339. The molecular formula is C11H9BrNO6-. The van der Waals surface area contributed by atoms with E-state index in [1.165, 1.54) is 25.1 Å². The van der Waals surface area contributed by atoms with E-state index in [0.717, 1.165) is 6.07 Å². The molecule has 0 aromatic heterocycles. The molecular weight excluding hydrogens is 322 g/mol. The zero-order valence-electron chi connectivity index (χ0n) is 9.74. The summed E-state index contributed by atoms with van der Waals surface area (Å²) in [5.41, 5.74) is -0.686. The van der Waals surface area contributed by atoms with Gasteiger partial charge in [0, 0.05) is 16.1 Å². The first-order chi connectivity index (χ1) is 8.84. The third-order valence-electron chi connectivity index (χ3n) is 2.19. The zero-order chi connectivity index (χ0) is 14.6. The van der Waals surface area contributed by atoms with Crippen molar-refractivity contribution in [1.82, 2.24) is 0 Å². The van der Waals surface area contributed by atoms with Gasteiger partial charge in [0.05, 0.1) is 5.97 Å². The lowest BCUT2D eigenvalue weighted by Crippen LogP contribution is -2.30. The van der Waals surface area contributed by atoms with Gasteiger partial charge in [-0.2, -0.15) is 0 Å². The van der Waals surface area contributed by atoms with Crippen molar-refractivity contribution in [3.05, 3.63) is 45.5 Å². The van der Waals surface area contributed by atoms with Gasteiger partial charge in [-0.3, -0.25) is 10.1 Å². The molecule has 0 aliphatic heterocycles. The molecule has 2 atom stereocenters. The lowest BCUT2D eigenvalue weighted by atomic mass is 10.0. The molecule has 0 saturated heterocycles. The summed E-state index contributed by atoms with van der Waals surface area (Å²) < 4.78 is 4.69. The highest BCUT2D eigenvalue weighted by Gasteiger charge is 2.36. The van der Waals surface area contributed by atoms with Crippen LogP contribution in [0.2, 0.25) is 0 Å². The Labute approximate surface area is 116 Å². The molecule has 0 saturated carbocycles. The van der Waals surface area contributed by atoms with Gasteiger partial charge in [-0.05, 0) is 22.9 Å². The summed E-state index contributed by atoms with van der Waals surface area (Å²) in [5, 5.41) is 21.1. The van der Waals surface area contributed by atoms with Gasteiger partial charge in [-0.15, -0.1) is 0 Å². The van der Waals surface area contributed by atoms with Crippen molar-refractivity contribution in [2.24, 2.45) is 0 Å². The number of benzene rings is 1. The molecule has 102 valence electrons. The molecule has 7 nitrogen and oxygen atoms in total. The van der Waals surface area contributed by atoms with Crippen LogP contribution in [0.15, 0.2) is 24.3 Å². The normalized spacial score (nSPS) is 13.4. The summed E-state index contributed by atoms with van der Waals surface area (Å²) in [6.07, 6.45) is 0. The number of halogens is 1. The topological polar surface area (TPSA) is 110 Å². The van der Waals surface area contributed by atoms with Gasteiger partial charge in [-0.25, -0.2) is 4.79 Å². The van der Waals surface area contributed by atoms with Gasteiger partial charge in [0.1, 0.15) is 0 Å². The van der Waals surface area contributed by atoms with E-state index in [2.05, 4.69) is 20.7 Å². The Balaban J connectivity index is 3.24. The van der Waals surface area contributed by atoms with Crippen LogP contribution >= 0.6 is 15.9 Å². The number of nitrogens with zero attached hydrogens (tertiary/aromatic N) is 1. The van der Waals surface area contributed by atoms with E-state index in [4.69, 9.17) is 0 Å². The molecule has 0 amide bonds. The van der Waals surface area contributed by atoms with Crippen LogP contribution in [0.5, 0.6) is 0 Å². The molecule has 0 spiro atoms. The summed E-state index contributed by atoms with van der Waals surface area (Å²) >= 11 is 2.92. The molecule has 0 aliphatic carbocycles. The number of carbonyl (C=O) groups is 2. The van der Waals surface area contributed by atoms with Crippen LogP contribution in [0, 0.1) is 10.1 Å². The number of carboxylic acids is 1. The highest BCUT2D eigenvalue weighted by atomic mass is 79.9. The highest BCUT2D eigenvalue weighted by molar-refractivity contribution is 9.09. The highest BCUT2D eigenvalue weighted by Crippen LogP contribution is 2.23. The fourth-order valence-corrected chi connectivity index (χ4v) is 1.66. The van der Waals surface area contributed by atoms with Crippen LogP contribution in [0.4, 0.5) is 0 Å². The van der Waals surface area contributed by atoms with Gasteiger partial charge in [0.2, 0.25) is 0 Å². The van der Waals surface area contributed by atoms with Gasteiger partial charge in [0.15, 0.2) is 5.01 Å². The number of ether oxygens (including phenoxy) is 1. The van der Waals surface area contributed by atoms with E-state index in [1.807, 2.05) is 0 Å². The summed E-state index contributed by atoms with van der Waals surface area (Å²) in [6, 6.07) is 3.17. The second-order valence-corrected chi connectivity index (χ2v) is 4.83. The van der Waals surface area contributed by atoms with Gasteiger partial charge in [0.25, 0.3) is 0 Å². The van der Waals surface area contributed by atoms with Crippen molar-refractivity contribution in [1.29, 1.82) is 0 Å². The van der Waals surface area contributed by atoms with Crippen LogP contribution in [0.1, 0.15) is 28.9 Å². The average molecular weight is 331 g/mol. The van der Waals surface area contributed by atoms with Crippen molar-refractivity contribution >= 4 is 27.9 Å². The van der Waals surface area contributed by atoms with Gasteiger partial charge >= 0.3 is 12.0 Å². The van der Waals surface area contributed by atoms with Crippen molar-refractivity contribution in [3.8, 4) is 0 Å².